The first-order valence-corrected chi connectivity index (χ1v) is 6.97. The minimum atomic E-state index is -0.197. The Bertz CT molecular complexity index is 467. The molecule has 1 saturated heterocycles. The van der Waals surface area contributed by atoms with Gasteiger partial charge in [-0.1, -0.05) is 0 Å². The number of carbonyl (C=O) groups excluding carboxylic acids is 1. The zero-order chi connectivity index (χ0) is 14.8. The Morgan fingerprint density at radius 3 is 2.60 bits per heavy atom. The third-order valence-electron chi connectivity index (χ3n) is 3.42. The lowest BCUT2D eigenvalue weighted by Crippen LogP contribution is -2.53. The number of ether oxygens (including phenoxy) is 2. The lowest BCUT2D eigenvalue weighted by atomic mass is 10.0. The van der Waals surface area contributed by atoms with Gasteiger partial charge in [0.25, 0.3) is 0 Å². The van der Waals surface area contributed by atoms with Crippen molar-refractivity contribution in [3.8, 4) is 5.75 Å². The van der Waals surface area contributed by atoms with Crippen molar-refractivity contribution in [2.24, 2.45) is 0 Å². The van der Waals surface area contributed by atoms with Gasteiger partial charge in [-0.05, 0) is 45.0 Å². The summed E-state index contributed by atoms with van der Waals surface area (Å²) in [5.41, 5.74) is 0.528. The Kier molecular flexibility index (Phi) is 4.45. The Morgan fingerprint density at radius 1 is 1.40 bits per heavy atom. The average molecular weight is 277 g/mol. The summed E-state index contributed by atoms with van der Waals surface area (Å²) in [5.74, 6) is 0.903. The molecule has 0 aliphatic carbocycles. The highest BCUT2D eigenvalue weighted by Crippen LogP contribution is 2.21. The van der Waals surface area contributed by atoms with E-state index in [4.69, 9.17) is 9.47 Å². The first-order valence-electron chi connectivity index (χ1n) is 6.97. The molecule has 1 aliphatic heterocycles. The van der Waals surface area contributed by atoms with E-state index in [0.717, 1.165) is 24.4 Å². The van der Waals surface area contributed by atoms with Crippen LogP contribution in [0.4, 0.5) is 0 Å². The molecule has 4 nitrogen and oxygen atoms in total. The van der Waals surface area contributed by atoms with Gasteiger partial charge in [0.15, 0.2) is 5.78 Å². The van der Waals surface area contributed by atoms with Gasteiger partial charge >= 0.3 is 0 Å². The molecule has 0 spiro atoms. The zero-order valence-corrected chi connectivity index (χ0v) is 12.7. The average Bonchev–Trinajstić information content (AvgIpc) is 2.36. The maximum absolute atomic E-state index is 12.3. The highest BCUT2D eigenvalue weighted by molar-refractivity contribution is 5.97. The van der Waals surface area contributed by atoms with Gasteiger partial charge in [0.1, 0.15) is 5.75 Å². The minimum absolute atomic E-state index is 0.137. The maximum atomic E-state index is 12.3. The molecule has 0 radical (unpaired) electrons. The summed E-state index contributed by atoms with van der Waals surface area (Å²) in [7, 11) is 1.62. The lowest BCUT2D eigenvalue weighted by molar-refractivity contribution is -0.126. The molecule has 1 atom stereocenters. The van der Waals surface area contributed by atoms with E-state index in [9.17, 15) is 4.79 Å². The number of carbonyl (C=O) groups is 1. The van der Waals surface area contributed by atoms with Crippen LogP contribution in [0.15, 0.2) is 24.3 Å². The molecule has 1 aromatic carbocycles. The van der Waals surface area contributed by atoms with Crippen molar-refractivity contribution in [1.29, 1.82) is 0 Å². The molecule has 0 amide bonds. The van der Waals surface area contributed by atoms with E-state index in [0.29, 0.717) is 6.54 Å². The van der Waals surface area contributed by atoms with Crippen LogP contribution >= 0.6 is 0 Å². The van der Waals surface area contributed by atoms with Gasteiger partial charge in [0.05, 0.1) is 25.4 Å². The van der Waals surface area contributed by atoms with E-state index in [-0.39, 0.29) is 17.5 Å². The summed E-state index contributed by atoms with van der Waals surface area (Å²) >= 11 is 0. The predicted molar refractivity (Wildman–Crippen MR) is 78.4 cm³/mol. The molecule has 0 bridgehead atoms. The molecule has 0 N–H and O–H groups in total. The largest absolute Gasteiger partial charge is 0.497 e. The van der Waals surface area contributed by atoms with Crippen molar-refractivity contribution in [3.63, 3.8) is 0 Å². The van der Waals surface area contributed by atoms with Gasteiger partial charge in [0, 0.05) is 18.7 Å². The van der Waals surface area contributed by atoms with Crippen LogP contribution in [-0.4, -0.2) is 49.1 Å². The van der Waals surface area contributed by atoms with E-state index < -0.39 is 0 Å². The summed E-state index contributed by atoms with van der Waals surface area (Å²) in [5, 5.41) is 0. The molecule has 4 heteroatoms. The molecule has 1 unspecified atom stereocenters. The smallest absolute Gasteiger partial charge is 0.176 e. The summed E-state index contributed by atoms with van der Waals surface area (Å²) in [6.45, 7) is 8.18. The normalized spacial score (nSPS) is 22.5. The second-order valence-electron chi connectivity index (χ2n) is 6.01. The van der Waals surface area contributed by atoms with Crippen molar-refractivity contribution >= 4 is 5.78 Å². The van der Waals surface area contributed by atoms with Gasteiger partial charge < -0.3 is 9.47 Å². The number of methoxy groups -OCH3 is 1. The topological polar surface area (TPSA) is 38.8 Å². The third kappa shape index (κ3) is 3.81. The van der Waals surface area contributed by atoms with E-state index in [2.05, 4.69) is 18.7 Å². The highest BCUT2D eigenvalue weighted by atomic mass is 16.5. The summed E-state index contributed by atoms with van der Waals surface area (Å²) in [4.78, 5) is 14.5. The molecule has 1 fully saturated rings. The SMILES string of the molecule is COc1ccc(C(=O)CN2CC(C)OC(C)(C)C2)cc1. The van der Waals surface area contributed by atoms with E-state index >= 15 is 0 Å². The first kappa shape index (κ1) is 15.0. The monoisotopic (exact) mass is 277 g/mol. The summed E-state index contributed by atoms with van der Waals surface area (Å²) in [6.07, 6.45) is 0.155. The Morgan fingerprint density at radius 2 is 2.05 bits per heavy atom. The van der Waals surface area contributed by atoms with Crippen molar-refractivity contribution in [3.05, 3.63) is 29.8 Å². The number of hydrogen-bond acceptors (Lipinski definition) is 4. The van der Waals surface area contributed by atoms with Crippen LogP contribution in [0, 0.1) is 0 Å². The van der Waals surface area contributed by atoms with Gasteiger partial charge in [-0.2, -0.15) is 0 Å². The standard InChI is InChI=1S/C16H23NO3/c1-12-9-17(11-16(2,3)20-12)10-15(18)13-5-7-14(19-4)8-6-13/h5-8,12H,9-11H2,1-4H3. The van der Waals surface area contributed by atoms with Crippen LogP contribution in [0.5, 0.6) is 5.75 Å². The minimum Gasteiger partial charge on any atom is -0.497 e. The molecular formula is C16H23NO3. The van der Waals surface area contributed by atoms with Crippen molar-refractivity contribution in [1.82, 2.24) is 4.90 Å². The van der Waals surface area contributed by atoms with Gasteiger partial charge in [-0.25, -0.2) is 0 Å². The molecule has 0 aromatic heterocycles. The number of ketones is 1. The third-order valence-corrected chi connectivity index (χ3v) is 3.42. The molecule has 110 valence electrons. The summed E-state index contributed by atoms with van der Waals surface area (Å²) in [6, 6.07) is 7.27. The fraction of sp³-hybridized carbons (Fsp3) is 0.562. The van der Waals surface area contributed by atoms with E-state index in [1.807, 2.05) is 31.2 Å². The fourth-order valence-corrected chi connectivity index (χ4v) is 2.78. The number of benzene rings is 1. The Labute approximate surface area is 120 Å². The number of morpholine rings is 1. The van der Waals surface area contributed by atoms with Gasteiger partial charge in [-0.15, -0.1) is 0 Å². The van der Waals surface area contributed by atoms with Crippen molar-refractivity contribution in [2.45, 2.75) is 32.5 Å². The van der Waals surface area contributed by atoms with Crippen LogP contribution in [0.1, 0.15) is 31.1 Å². The molecule has 0 saturated carbocycles. The van der Waals surface area contributed by atoms with Crippen LogP contribution < -0.4 is 4.74 Å². The van der Waals surface area contributed by atoms with Crippen LogP contribution in [0.25, 0.3) is 0 Å². The molecular weight excluding hydrogens is 254 g/mol. The lowest BCUT2D eigenvalue weighted by Gasteiger charge is -2.41. The number of hydrogen-bond donors (Lipinski definition) is 0. The summed E-state index contributed by atoms with van der Waals surface area (Å²) < 4.78 is 11.0. The van der Waals surface area contributed by atoms with Crippen molar-refractivity contribution < 1.29 is 14.3 Å². The van der Waals surface area contributed by atoms with Crippen LogP contribution in [0.3, 0.4) is 0 Å². The second kappa shape index (κ2) is 5.94. The molecule has 1 aliphatic rings. The Balaban J connectivity index is 1.99. The number of rotatable bonds is 4. The second-order valence-corrected chi connectivity index (χ2v) is 6.01. The van der Waals surface area contributed by atoms with Crippen LogP contribution in [-0.2, 0) is 4.74 Å². The highest BCUT2D eigenvalue weighted by Gasteiger charge is 2.32. The van der Waals surface area contributed by atoms with E-state index in [1.54, 1.807) is 7.11 Å². The van der Waals surface area contributed by atoms with Crippen LogP contribution in [0.2, 0.25) is 0 Å². The Hall–Kier alpha value is -1.39. The molecule has 20 heavy (non-hydrogen) atoms. The molecule has 1 heterocycles. The fourth-order valence-electron chi connectivity index (χ4n) is 2.78. The quantitative estimate of drug-likeness (QED) is 0.792. The van der Waals surface area contributed by atoms with Gasteiger partial charge in [0.2, 0.25) is 0 Å². The maximum Gasteiger partial charge on any atom is 0.176 e. The predicted octanol–water partition coefficient (Wildman–Crippen LogP) is 2.38. The van der Waals surface area contributed by atoms with Crippen molar-refractivity contribution in [2.75, 3.05) is 26.7 Å². The first-order chi connectivity index (χ1) is 9.39. The van der Waals surface area contributed by atoms with E-state index in [1.165, 1.54) is 0 Å². The van der Waals surface area contributed by atoms with Gasteiger partial charge in [-0.3, -0.25) is 9.69 Å². The number of Topliss-reactive ketones (excluding diaryl/α,β-unsaturated/α-hetero) is 1. The number of nitrogens with zero attached hydrogens (tertiary/aromatic N) is 1. The molecule has 1 aromatic rings. The zero-order valence-electron chi connectivity index (χ0n) is 12.7. The molecule has 2 rings (SSSR count).